The summed E-state index contributed by atoms with van der Waals surface area (Å²) < 4.78 is 10.3. The molecule has 104 valence electrons. The third kappa shape index (κ3) is 4.28. The molecule has 0 aliphatic carbocycles. The number of rotatable bonds is 5. The number of esters is 1. The van der Waals surface area contributed by atoms with E-state index >= 15 is 0 Å². The van der Waals surface area contributed by atoms with E-state index in [0.717, 1.165) is 5.69 Å². The molecule has 0 spiro atoms. The van der Waals surface area contributed by atoms with E-state index in [1.165, 1.54) is 11.8 Å². The monoisotopic (exact) mass is 265 g/mol. The Morgan fingerprint density at radius 3 is 2.32 bits per heavy atom. The van der Waals surface area contributed by atoms with Crippen LogP contribution in [0.4, 0.5) is 5.69 Å². The van der Waals surface area contributed by atoms with Gasteiger partial charge in [-0.05, 0) is 38.1 Å². The Kier molecular flexibility index (Phi) is 5.36. The third-order valence-corrected chi connectivity index (χ3v) is 2.63. The van der Waals surface area contributed by atoms with Crippen LogP contribution < -0.4 is 9.64 Å². The van der Waals surface area contributed by atoms with Crippen LogP contribution in [0.15, 0.2) is 24.3 Å². The quantitative estimate of drug-likeness (QED) is 0.764. The molecule has 0 aromatic heterocycles. The lowest BCUT2D eigenvalue weighted by Gasteiger charge is -2.17. The fourth-order valence-corrected chi connectivity index (χ4v) is 1.44. The highest BCUT2D eigenvalue weighted by Gasteiger charge is 2.15. The predicted molar refractivity (Wildman–Crippen MR) is 72.2 cm³/mol. The first-order chi connectivity index (χ1) is 8.95. The molecule has 0 bridgehead atoms. The molecule has 0 N–H and O–H groups in total. The molecule has 0 fully saturated rings. The average Bonchev–Trinajstić information content (AvgIpc) is 2.38. The zero-order chi connectivity index (χ0) is 14.4. The molecule has 1 aromatic carbocycles. The summed E-state index contributed by atoms with van der Waals surface area (Å²) in [6.45, 7) is 5.20. The van der Waals surface area contributed by atoms with Crippen molar-refractivity contribution in [3.63, 3.8) is 0 Å². The molecule has 0 aliphatic rings. The number of ether oxygens (including phenoxy) is 2. The van der Waals surface area contributed by atoms with E-state index < -0.39 is 12.1 Å². The van der Waals surface area contributed by atoms with E-state index in [0.29, 0.717) is 12.4 Å². The molecule has 0 saturated carbocycles. The van der Waals surface area contributed by atoms with Crippen LogP contribution in [0.3, 0.4) is 0 Å². The van der Waals surface area contributed by atoms with Crippen LogP contribution >= 0.6 is 0 Å². The van der Waals surface area contributed by atoms with E-state index in [2.05, 4.69) is 0 Å². The Balaban J connectivity index is 2.67. The maximum Gasteiger partial charge on any atom is 0.347 e. The first-order valence-corrected chi connectivity index (χ1v) is 6.13. The fraction of sp³-hybridized carbons (Fsp3) is 0.429. The Labute approximate surface area is 113 Å². The van der Waals surface area contributed by atoms with Crippen molar-refractivity contribution >= 4 is 17.6 Å². The second kappa shape index (κ2) is 6.78. The van der Waals surface area contributed by atoms with Gasteiger partial charge in [0.1, 0.15) is 5.75 Å². The molecule has 0 heterocycles. The zero-order valence-electron chi connectivity index (χ0n) is 11.7. The number of nitrogens with zero attached hydrogens (tertiary/aromatic N) is 1. The number of carbonyl (C=O) groups excluding carboxylic acids is 2. The highest BCUT2D eigenvalue weighted by molar-refractivity contribution is 5.90. The zero-order valence-corrected chi connectivity index (χ0v) is 11.7. The van der Waals surface area contributed by atoms with Gasteiger partial charge in [-0.2, -0.15) is 0 Å². The third-order valence-electron chi connectivity index (χ3n) is 2.63. The largest absolute Gasteiger partial charge is 0.479 e. The fourth-order valence-electron chi connectivity index (χ4n) is 1.44. The topological polar surface area (TPSA) is 55.8 Å². The Hall–Kier alpha value is -2.04. The van der Waals surface area contributed by atoms with Crippen LogP contribution in [0.5, 0.6) is 5.75 Å². The SMILES string of the molecule is CCOC(=O)[C@@H](C)Oc1ccc(N(C)C(C)=O)cc1. The number of hydrogen-bond acceptors (Lipinski definition) is 4. The van der Waals surface area contributed by atoms with Gasteiger partial charge in [-0.15, -0.1) is 0 Å². The summed E-state index contributed by atoms with van der Waals surface area (Å²) in [7, 11) is 1.69. The van der Waals surface area contributed by atoms with Gasteiger partial charge in [0.15, 0.2) is 6.10 Å². The average molecular weight is 265 g/mol. The van der Waals surface area contributed by atoms with E-state index in [-0.39, 0.29) is 5.91 Å². The molecule has 1 rings (SSSR count). The van der Waals surface area contributed by atoms with Crippen molar-refractivity contribution in [3.8, 4) is 5.75 Å². The first kappa shape index (κ1) is 15.0. The lowest BCUT2D eigenvalue weighted by atomic mass is 10.2. The van der Waals surface area contributed by atoms with Gasteiger partial charge < -0.3 is 14.4 Å². The second-order valence-electron chi connectivity index (χ2n) is 4.08. The standard InChI is InChI=1S/C14H19NO4/c1-5-18-14(17)10(2)19-13-8-6-12(7-9-13)15(4)11(3)16/h6-10H,5H2,1-4H3/t10-/m1/s1. The van der Waals surface area contributed by atoms with E-state index in [9.17, 15) is 9.59 Å². The van der Waals surface area contributed by atoms with Crippen LogP contribution in [0.2, 0.25) is 0 Å². The molecule has 1 atom stereocenters. The highest BCUT2D eigenvalue weighted by Crippen LogP contribution is 2.19. The summed E-state index contributed by atoms with van der Waals surface area (Å²) in [5, 5.41) is 0. The number of amides is 1. The molecule has 5 nitrogen and oxygen atoms in total. The number of hydrogen-bond donors (Lipinski definition) is 0. The summed E-state index contributed by atoms with van der Waals surface area (Å²) >= 11 is 0. The number of carbonyl (C=O) groups is 2. The molecule has 1 amide bonds. The minimum atomic E-state index is -0.656. The second-order valence-corrected chi connectivity index (χ2v) is 4.08. The molecular weight excluding hydrogens is 246 g/mol. The number of benzene rings is 1. The Bertz CT molecular complexity index is 441. The first-order valence-electron chi connectivity index (χ1n) is 6.13. The van der Waals surface area contributed by atoms with Gasteiger partial charge in [0.25, 0.3) is 0 Å². The maximum atomic E-state index is 11.4. The maximum absolute atomic E-state index is 11.4. The highest BCUT2D eigenvalue weighted by atomic mass is 16.6. The minimum absolute atomic E-state index is 0.0476. The molecule has 0 unspecified atom stereocenters. The van der Waals surface area contributed by atoms with Gasteiger partial charge in [0.2, 0.25) is 5.91 Å². The van der Waals surface area contributed by atoms with E-state index in [1.807, 2.05) is 0 Å². The van der Waals surface area contributed by atoms with Crippen molar-refractivity contribution in [1.29, 1.82) is 0 Å². The van der Waals surface area contributed by atoms with Gasteiger partial charge >= 0.3 is 5.97 Å². The van der Waals surface area contributed by atoms with E-state index in [1.54, 1.807) is 45.2 Å². The van der Waals surface area contributed by atoms with Crippen molar-refractivity contribution in [2.45, 2.75) is 26.9 Å². The number of anilines is 1. The van der Waals surface area contributed by atoms with Gasteiger partial charge in [-0.3, -0.25) is 4.79 Å². The van der Waals surface area contributed by atoms with Crippen molar-refractivity contribution in [1.82, 2.24) is 0 Å². The Morgan fingerprint density at radius 2 is 1.84 bits per heavy atom. The summed E-state index contributed by atoms with van der Waals surface area (Å²) in [6.07, 6.45) is -0.656. The predicted octanol–water partition coefficient (Wildman–Crippen LogP) is 2.00. The van der Waals surface area contributed by atoms with Crippen LogP contribution in [0.25, 0.3) is 0 Å². The van der Waals surface area contributed by atoms with Crippen molar-refractivity contribution < 1.29 is 19.1 Å². The van der Waals surface area contributed by atoms with Gasteiger partial charge in [-0.25, -0.2) is 4.79 Å². The normalized spacial score (nSPS) is 11.6. The molecule has 0 aliphatic heterocycles. The molecule has 0 saturated heterocycles. The van der Waals surface area contributed by atoms with Gasteiger partial charge in [0, 0.05) is 19.7 Å². The van der Waals surface area contributed by atoms with Crippen LogP contribution in [-0.2, 0) is 14.3 Å². The summed E-state index contributed by atoms with van der Waals surface area (Å²) in [5.74, 6) is 0.113. The summed E-state index contributed by atoms with van der Waals surface area (Å²) in [5.41, 5.74) is 0.767. The van der Waals surface area contributed by atoms with Crippen molar-refractivity contribution in [2.75, 3.05) is 18.6 Å². The summed E-state index contributed by atoms with van der Waals surface area (Å²) in [6, 6.07) is 6.94. The van der Waals surface area contributed by atoms with Crippen molar-refractivity contribution in [3.05, 3.63) is 24.3 Å². The van der Waals surface area contributed by atoms with E-state index in [4.69, 9.17) is 9.47 Å². The molecule has 19 heavy (non-hydrogen) atoms. The molecule has 1 aromatic rings. The van der Waals surface area contributed by atoms with Crippen LogP contribution in [0, 0.1) is 0 Å². The smallest absolute Gasteiger partial charge is 0.347 e. The molecule has 5 heteroatoms. The molecular formula is C14H19NO4. The van der Waals surface area contributed by atoms with Crippen LogP contribution in [0.1, 0.15) is 20.8 Å². The lowest BCUT2D eigenvalue weighted by Crippen LogP contribution is -2.26. The van der Waals surface area contributed by atoms with Crippen LogP contribution in [-0.4, -0.2) is 31.6 Å². The van der Waals surface area contributed by atoms with Gasteiger partial charge in [-0.1, -0.05) is 0 Å². The molecule has 0 radical (unpaired) electrons. The lowest BCUT2D eigenvalue weighted by molar-refractivity contribution is -0.150. The van der Waals surface area contributed by atoms with Gasteiger partial charge in [0.05, 0.1) is 6.61 Å². The van der Waals surface area contributed by atoms with Crippen molar-refractivity contribution in [2.24, 2.45) is 0 Å². The minimum Gasteiger partial charge on any atom is -0.479 e. The summed E-state index contributed by atoms with van der Waals surface area (Å²) in [4.78, 5) is 24.1. The Morgan fingerprint density at radius 1 is 1.26 bits per heavy atom.